The van der Waals surface area contributed by atoms with Crippen LogP contribution in [0.5, 0.6) is 0 Å². The zero-order chi connectivity index (χ0) is 15.5. The van der Waals surface area contributed by atoms with Crippen molar-refractivity contribution >= 4 is 28.7 Å². The molecule has 2 aromatic heterocycles. The van der Waals surface area contributed by atoms with E-state index in [-0.39, 0.29) is 11.5 Å². The third kappa shape index (κ3) is 2.51. The second-order valence-corrected chi connectivity index (χ2v) is 4.49. The fourth-order valence-corrected chi connectivity index (χ4v) is 2.03. The van der Waals surface area contributed by atoms with Crippen LogP contribution in [0.15, 0.2) is 42.9 Å². The highest BCUT2D eigenvalue weighted by Gasteiger charge is 2.15. The molecular formula is C15H12N4O3. The molecular weight excluding hydrogens is 284 g/mol. The molecule has 2 N–H and O–H groups in total. The Kier molecular flexibility index (Phi) is 3.53. The van der Waals surface area contributed by atoms with Crippen molar-refractivity contribution in [3.8, 4) is 0 Å². The first-order valence-corrected chi connectivity index (χ1v) is 6.47. The highest BCUT2D eigenvalue weighted by Crippen LogP contribution is 2.17. The maximum atomic E-state index is 12.3. The number of nitrogens with zero attached hydrogens (tertiary/aromatic N) is 2. The van der Waals surface area contributed by atoms with E-state index in [1.807, 2.05) is 0 Å². The van der Waals surface area contributed by atoms with Gasteiger partial charge in [0.25, 0.3) is 5.91 Å². The Morgan fingerprint density at radius 3 is 2.86 bits per heavy atom. The van der Waals surface area contributed by atoms with Gasteiger partial charge in [0.15, 0.2) is 5.65 Å². The number of carbonyl (C=O) groups excluding carboxylic acids is 2. The predicted octanol–water partition coefficient (Wildman–Crippen LogP) is 2.00. The van der Waals surface area contributed by atoms with E-state index < -0.39 is 5.97 Å². The monoisotopic (exact) mass is 296 g/mol. The van der Waals surface area contributed by atoms with Crippen molar-refractivity contribution in [3.63, 3.8) is 0 Å². The lowest BCUT2D eigenvalue weighted by molar-refractivity contribution is 0.0602. The Morgan fingerprint density at radius 2 is 2.05 bits per heavy atom. The summed E-state index contributed by atoms with van der Waals surface area (Å²) in [5.41, 5.74) is 2.22. The van der Waals surface area contributed by atoms with Crippen LogP contribution in [-0.2, 0) is 4.74 Å². The smallest absolute Gasteiger partial charge is 0.339 e. The van der Waals surface area contributed by atoms with Crippen molar-refractivity contribution in [2.24, 2.45) is 0 Å². The number of rotatable bonds is 3. The predicted molar refractivity (Wildman–Crippen MR) is 79.6 cm³/mol. The molecule has 110 valence electrons. The molecule has 1 aromatic carbocycles. The Bertz CT molecular complexity index is 857. The van der Waals surface area contributed by atoms with Crippen molar-refractivity contribution in [2.45, 2.75) is 0 Å². The summed E-state index contributed by atoms with van der Waals surface area (Å²) >= 11 is 0. The van der Waals surface area contributed by atoms with Crippen LogP contribution in [0.4, 0.5) is 5.69 Å². The van der Waals surface area contributed by atoms with Crippen molar-refractivity contribution in [3.05, 3.63) is 54.0 Å². The number of amides is 1. The minimum absolute atomic E-state index is 0.286. The molecule has 0 aliphatic carbocycles. The summed E-state index contributed by atoms with van der Waals surface area (Å²) < 4.78 is 4.70. The first kappa shape index (κ1) is 13.7. The van der Waals surface area contributed by atoms with Gasteiger partial charge in [-0.3, -0.25) is 4.79 Å². The average molecular weight is 296 g/mol. The number of ether oxygens (including phenoxy) is 1. The van der Waals surface area contributed by atoms with E-state index in [2.05, 4.69) is 20.3 Å². The number of aromatic nitrogens is 3. The maximum absolute atomic E-state index is 12.3. The van der Waals surface area contributed by atoms with E-state index in [0.717, 1.165) is 0 Å². The van der Waals surface area contributed by atoms with Crippen LogP contribution in [-0.4, -0.2) is 33.9 Å². The van der Waals surface area contributed by atoms with E-state index in [0.29, 0.717) is 22.4 Å². The summed E-state index contributed by atoms with van der Waals surface area (Å²) in [6.45, 7) is 0. The number of anilines is 1. The van der Waals surface area contributed by atoms with Gasteiger partial charge in [-0.05, 0) is 18.2 Å². The number of carbonyl (C=O) groups is 2. The second-order valence-electron chi connectivity index (χ2n) is 4.49. The molecule has 0 bridgehead atoms. The summed E-state index contributed by atoms with van der Waals surface area (Å²) in [7, 11) is 1.29. The van der Waals surface area contributed by atoms with Crippen LogP contribution in [0.1, 0.15) is 20.7 Å². The highest BCUT2D eigenvalue weighted by atomic mass is 16.5. The van der Waals surface area contributed by atoms with Crippen LogP contribution in [0.2, 0.25) is 0 Å². The van der Waals surface area contributed by atoms with Gasteiger partial charge in [0.1, 0.15) is 0 Å². The summed E-state index contributed by atoms with van der Waals surface area (Å²) in [5, 5.41) is 2.68. The summed E-state index contributed by atoms with van der Waals surface area (Å²) in [5.74, 6) is -0.890. The number of imidazole rings is 1. The van der Waals surface area contributed by atoms with Crippen molar-refractivity contribution in [1.29, 1.82) is 0 Å². The average Bonchev–Trinajstić information content (AvgIpc) is 3.02. The number of H-pyrrole nitrogens is 1. The fourth-order valence-electron chi connectivity index (χ4n) is 2.03. The van der Waals surface area contributed by atoms with Gasteiger partial charge >= 0.3 is 5.97 Å². The number of nitrogens with one attached hydrogen (secondary N) is 2. The van der Waals surface area contributed by atoms with E-state index >= 15 is 0 Å². The van der Waals surface area contributed by atoms with E-state index in [1.165, 1.54) is 19.6 Å². The Morgan fingerprint density at radius 1 is 1.23 bits per heavy atom. The molecule has 0 saturated carbocycles. The molecule has 0 spiro atoms. The highest BCUT2D eigenvalue weighted by molar-refractivity contribution is 6.08. The van der Waals surface area contributed by atoms with Gasteiger partial charge < -0.3 is 15.0 Å². The number of esters is 1. The van der Waals surface area contributed by atoms with Crippen molar-refractivity contribution < 1.29 is 14.3 Å². The maximum Gasteiger partial charge on any atom is 0.339 e. The van der Waals surface area contributed by atoms with Gasteiger partial charge in [-0.15, -0.1) is 0 Å². The number of benzene rings is 1. The molecule has 3 rings (SSSR count). The normalized spacial score (nSPS) is 10.4. The lowest BCUT2D eigenvalue weighted by Crippen LogP contribution is -2.15. The topological polar surface area (TPSA) is 97.0 Å². The van der Waals surface area contributed by atoms with Gasteiger partial charge in [0.05, 0.1) is 35.8 Å². The number of hydrogen-bond acceptors (Lipinski definition) is 5. The summed E-state index contributed by atoms with van der Waals surface area (Å²) in [4.78, 5) is 35.0. The van der Waals surface area contributed by atoms with Crippen LogP contribution in [0.3, 0.4) is 0 Å². The molecule has 3 aromatic rings. The molecule has 0 aliphatic rings. The van der Waals surface area contributed by atoms with E-state index in [4.69, 9.17) is 4.74 Å². The van der Waals surface area contributed by atoms with Gasteiger partial charge in [-0.1, -0.05) is 12.1 Å². The molecule has 1 amide bonds. The molecule has 0 aliphatic heterocycles. The Balaban J connectivity index is 1.89. The molecule has 0 atom stereocenters. The molecule has 0 fully saturated rings. The molecule has 0 radical (unpaired) electrons. The zero-order valence-electron chi connectivity index (χ0n) is 11.7. The van der Waals surface area contributed by atoms with Gasteiger partial charge in [0, 0.05) is 6.20 Å². The number of fused-ring (bicyclic) bond motifs is 1. The summed E-state index contributed by atoms with van der Waals surface area (Å²) in [6.07, 6.45) is 2.94. The number of aromatic amines is 1. The second kappa shape index (κ2) is 5.65. The Hall–Kier alpha value is -3.22. The quantitative estimate of drug-likeness (QED) is 0.720. The molecule has 7 nitrogen and oxygen atoms in total. The molecule has 0 unspecified atom stereocenters. The first-order valence-electron chi connectivity index (χ1n) is 6.47. The third-order valence-corrected chi connectivity index (χ3v) is 3.12. The van der Waals surface area contributed by atoms with E-state index in [9.17, 15) is 9.59 Å². The Labute approximate surface area is 125 Å². The standard InChI is InChI=1S/C15H12N4O3/c1-22-15(21)10-4-2-3-5-11(10)19-14(20)9-6-12-13(16-7-9)18-8-17-12/h2-8H,1H3,(H,19,20)(H,16,17,18). The lowest BCUT2D eigenvalue weighted by Gasteiger charge is -2.09. The van der Waals surface area contributed by atoms with Crippen molar-refractivity contribution in [1.82, 2.24) is 15.0 Å². The molecule has 7 heteroatoms. The van der Waals surface area contributed by atoms with Crippen molar-refractivity contribution in [2.75, 3.05) is 12.4 Å². The molecule has 22 heavy (non-hydrogen) atoms. The minimum Gasteiger partial charge on any atom is -0.465 e. The van der Waals surface area contributed by atoms with Gasteiger partial charge in [-0.2, -0.15) is 0 Å². The fraction of sp³-hybridized carbons (Fsp3) is 0.0667. The van der Waals surface area contributed by atoms with Crippen LogP contribution in [0.25, 0.3) is 11.2 Å². The third-order valence-electron chi connectivity index (χ3n) is 3.12. The molecule has 0 saturated heterocycles. The lowest BCUT2D eigenvalue weighted by atomic mass is 10.1. The zero-order valence-corrected chi connectivity index (χ0v) is 11.7. The van der Waals surface area contributed by atoms with E-state index in [1.54, 1.807) is 30.3 Å². The summed E-state index contributed by atoms with van der Waals surface area (Å²) in [6, 6.07) is 8.27. The number of methoxy groups -OCH3 is 1. The first-order chi connectivity index (χ1) is 10.7. The number of para-hydroxylation sites is 1. The SMILES string of the molecule is COC(=O)c1ccccc1NC(=O)c1cnc2nc[nH]c2c1. The van der Waals surface area contributed by atoms with Crippen LogP contribution in [0, 0.1) is 0 Å². The van der Waals surface area contributed by atoms with Gasteiger partial charge in [-0.25, -0.2) is 14.8 Å². The minimum atomic E-state index is -0.516. The van der Waals surface area contributed by atoms with Gasteiger partial charge in [0.2, 0.25) is 0 Å². The largest absolute Gasteiger partial charge is 0.465 e. The molecule has 2 heterocycles. The number of hydrogen-bond donors (Lipinski definition) is 2. The van der Waals surface area contributed by atoms with Crippen LogP contribution >= 0.6 is 0 Å². The number of pyridine rings is 1. The van der Waals surface area contributed by atoms with Crippen LogP contribution < -0.4 is 5.32 Å².